The quantitative estimate of drug-likeness (QED) is 0.662. The van der Waals surface area contributed by atoms with Gasteiger partial charge in [-0.05, 0) is 26.3 Å². The van der Waals surface area contributed by atoms with E-state index >= 15 is 0 Å². The number of halogens is 1. The Kier molecular flexibility index (Phi) is 5.00. The molecule has 110 valence electrons. The molecule has 0 aliphatic rings. The number of carboxylic acid groups (broad SMARTS) is 1. The van der Waals surface area contributed by atoms with Gasteiger partial charge in [-0.25, -0.2) is 9.59 Å². The predicted octanol–water partition coefficient (Wildman–Crippen LogP) is 2.77. The van der Waals surface area contributed by atoms with E-state index in [0.29, 0.717) is 5.56 Å². The average Bonchev–Trinajstić information content (AvgIpc) is 2.26. The summed E-state index contributed by atoms with van der Waals surface area (Å²) in [4.78, 5) is 21.1. The molecule has 1 aromatic rings. The lowest BCUT2D eigenvalue weighted by Gasteiger charge is -2.26. The minimum atomic E-state index is -1.94. The van der Waals surface area contributed by atoms with Crippen molar-refractivity contribution in [3.63, 3.8) is 0 Å². The van der Waals surface area contributed by atoms with E-state index in [-0.39, 0.29) is 6.42 Å². The van der Waals surface area contributed by atoms with Crippen molar-refractivity contribution in [2.45, 2.75) is 37.8 Å². The molecule has 0 radical (unpaired) electrons. The number of nitrogens with one attached hydrogen (secondary N) is 1. The van der Waals surface area contributed by atoms with Crippen LogP contribution in [0.5, 0.6) is 0 Å². The van der Waals surface area contributed by atoms with Gasteiger partial charge in [0.05, 0.1) is 0 Å². The molecule has 0 saturated heterocycles. The van der Waals surface area contributed by atoms with Gasteiger partial charge in [0.1, 0.15) is 5.60 Å². The smallest absolute Gasteiger partial charge is 0.409 e. The maximum atomic E-state index is 11.7. The van der Waals surface area contributed by atoms with Crippen LogP contribution in [0.25, 0.3) is 0 Å². The van der Waals surface area contributed by atoms with Gasteiger partial charge in [-0.15, -0.1) is 0 Å². The highest BCUT2D eigenvalue weighted by Crippen LogP contribution is 2.20. The summed E-state index contributed by atoms with van der Waals surface area (Å²) in [6.45, 7) is 5.04. The normalized spacial score (nSPS) is 14.2. The van der Waals surface area contributed by atoms with Gasteiger partial charge in [0, 0.05) is 6.42 Å². The number of carbonyl (C=O) groups excluding carboxylic acids is 1. The van der Waals surface area contributed by atoms with E-state index in [1.54, 1.807) is 45.0 Å². The van der Waals surface area contributed by atoms with Gasteiger partial charge in [-0.1, -0.05) is 41.9 Å². The average molecular weight is 300 g/mol. The highest BCUT2D eigenvalue weighted by atomic mass is 35.5. The lowest BCUT2D eigenvalue weighted by atomic mass is 10.1. The highest BCUT2D eigenvalue weighted by molar-refractivity contribution is 6.34. The SMILES string of the molecule is CC(C)(C)OC(=O)NC(Cl)(Cc1ccccc1)C(=O)O. The van der Waals surface area contributed by atoms with Crippen LogP contribution in [0, 0.1) is 0 Å². The maximum Gasteiger partial charge on any atom is 0.409 e. The second-order valence-corrected chi connectivity index (χ2v) is 6.04. The van der Waals surface area contributed by atoms with E-state index in [2.05, 4.69) is 5.32 Å². The summed E-state index contributed by atoms with van der Waals surface area (Å²) in [5.74, 6) is -1.34. The monoisotopic (exact) mass is 299 g/mol. The number of aliphatic carboxylic acids is 1. The number of alkyl halides is 1. The fourth-order valence-corrected chi connectivity index (χ4v) is 1.75. The fourth-order valence-electron chi connectivity index (χ4n) is 1.52. The molecular weight excluding hydrogens is 282 g/mol. The summed E-state index contributed by atoms with van der Waals surface area (Å²) in [5.41, 5.74) is -0.0337. The molecule has 2 N–H and O–H groups in total. The molecule has 1 unspecified atom stereocenters. The Morgan fingerprint density at radius 2 is 1.80 bits per heavy atom. The number of carboxylic acids is 1. The molecule has 0 aliphatic carbocycles. The van der Waals surface area contributed by atoms with Crippen LogP contribution in [-0.2, 0) is 16.0 Å². The molecule has 1 amide bonds. The van der Waals surface area contributed by atoms with Crippen LogP contribution >= 0.6 is 11.6 Å². The second kappa shape index (κ2) is 6.13. The van der Waals surface area contributed by atoms with Crippen LogP contribution in [-0.4, -0.2) is 27.8 Å². The Hall–Kier alpha value is -1.75. The summed E-state index contributed by atoms with van der Waals surface area (Å²) in [7, 11) is 0. The Bertz CT molecular complexity index is 484. The third-order valence-corrected chi connectivity index (χ3v) is 2.72. The molecule has 1 rings (SSSR count). The zero-order valence-electron chi connectivity index (χ0n) is 11.6. The van der Waals surface area contributed by atoms with Crippen LogP contribution in [0.1, 0.15) is 26.3 Å². The van der Waals surface area contributed by atoms with Crippen molar-refractivity contribution in [3.8, 4) is 0 Å². The van der Waals surface area contributed by atoms with Gasteiger partial charge in [0.2, 0.25) is 5.00 Å². The highest BCUT2D eigenvalue weighted by Gasteiger charge is 2.39. The first kappa shape index (κ1) is 16.3. The maximum absolute atomic E-state index is 11.7. The van der Waals surface area contributed by atoms with Crippen LogP contribution in [0.15, 0.2) is 30.3 Å². The molecule has 20 heavy (non-hydrogen) atoms. The first-order valence-electron chi connectivity index (χ1n) is 6.10. The summed E-state index contributed by atoms with van der Waals surface area (Å²) < 4.78 is 5.02. The number of hydrogen-bond donors (Lipinski definition) is 2. The van der Waals surface area contributed by atoms with Crippen molar-refractivity contribution < 1.29 is 19.4 Å². The van der Waals surface area contributed by atoms with Crippen molar-refractivity contribution in [2.24, 2.45) is 0 Å². The Labute approximate surface area is 122 Å². The predicted molar refractivity (Wildman–Crippen MR) is 75.7 cm³/mol. The third-order valence-electron chi connectivity index (χ3n) is 2.33. The van der Waals surface area contributed by atoms with E-state index in [4.69, 9.17) is 16.3 Å². The van der Waals surface area contributed by atoms with Gasteiger partial charge in [0.15, 0.2) is 0 Å². The molecule has 0 aromatic heterocycles. The zero-order chi connectivity index (χ0) is 15.4. The Balaban J connectivity index is 2.82. The number of amides is 1. The van der Waals surface area contributed by atoms with Gasteiger partial charge >= 0.3 is 12.1 Å². The van der Waals surface area contributed by atoms with Gasteiger partial charge in [0.25, 0.3) is 0 Å². The summed E-state index contributed by atoms with van der Waals surface area (Å²) in [6.07, 6.45) is -0.921. The number of alkyl carbamates (subject to hydrolysis) is 1. The molecule has 1 atom stereocenters. The lowest BCUT2D eigenvalue weighted by molar-refractivity contribution is -0.141. The number of carbonyl (C=O) groups is 2. The number of benzene rings is 1. The van der Waals surface area contributed by atoms with E-state index in [1.165, 1.54) is 0 Å². The molecule has 0 aliphatic heterocycles. The van der Waals surface area contributed by atoms with E-state index < -0.39 is 22.7 Å². The number of rotatable bonds is 4. The second-order valence-electron chi connectivity index (χ2n) is 5.40. The minimum absolute atomic E-state index is 0.0516. The van der Waals surface area contributed by atoms with Gasteiger partial charge in [-0.2, -0.15) is 0 Å². The third kappa shape index (κ3) is 5.09. The van der Waals surface area contributed by atoms with Crippen LogP contribution < -0.4 is 5.32 Å². The largest absolute Gasteiger partial charge is 0.479 e. The molecule has 0 saturated carbocycles. The molecule has 0 bridgehead atoms. The molecule has 1 aromatic carbocycles. The topological polar surface area (TPSA) is 75.6 Å². The molecule has 0 spiro atoms. The summed E-state index contributed by atoms with van der Waals surface area (Å²) >= 11 is 6.02. The van der Waals surface area contributed by atoms with Gasteiger partial charge < -0.3 is 9.84 Å². The molecule has 5 nitrogen and oxygen atoms in total. The molecule has 0 heterocycles. The summed E-state index contributed by atoms with van der Waals surface area (Å²) in [5, 5.41) is 11.4. The number of hydrogen-bond acceptors (Lipinski definition) is 3. The van der Waals surface area contributed by atoms with Crippen molar-refractivity contribution in [2.75, 3.05) is 0 Å². The van der Waals surface area contributed by atoms with E-state index in [0.717, 1.165) is 0 Å². The fraction of sp³-hybridized carbons (Fsp3) is 0.429. The Morgan fingerprint density at radius 1 is 1.25 bits per heavy atom. The van der Waals surface area contributed by atoms with Crippen LogP contribution in [0.4, 0.5) is 4.79 Å². The van der Waals surface area contributed by atoms with E-state index in [9.17, 15) is 14.7 Å². The van der Waals surface area contributed by atoms with E-state index in [1.807, 2.05) is 6.07 Å². The first-order valence-corrected chi connectivity index (χ1v) is 6.47. The van der Waals surface area contributed by atoms with Crippen LogP contribution in [0.3, 0.4) is 0 Å². The Morgan fingerprint density at radius 3 is 2.25 bits per heavy atom. The first-order chi connectivity index (χ1) is 9.12. The molecular formula is C14H18ClNO4. The van der Waals surface area contributed by atoms with Crippen molar-refractivity contribution in [3.05, 3.63) is 35.9 Å². The minimum Gasteiger partial charge on any atom is -0.479 e. The van der Waals surface area contributed by atoms with Crippen molar-refractivity contribution in [1.82, 2.24) is 5.32 Å². The zero-order valence-corrected chi connectivity index (χ0v) is 12.4. The van der Waals surface area contributed by atoms with Gasteiger partial charge in [-0.3, -0.25) is 5.32 Å². The standard InChI is InChI=1S/C14H18ClNO4/c1-13(2,3)20-12(19)16-14(15,11(17)18)9-10-7-5-4-6-8-10/h4-8H,9H2,1-3H3,(H,16,19)(H,17,18). The lowest BCUT2D eigenvalue weighted by Crippen LogP contribution is -2.52. The molecule has 6 heteroatoms. The summed E-state index contributed by atoms with van der Waals surface area (Å²) in [6, 6.07) is 8.80. The van der Waals surface area contributed by atoms with Crippen LogP contribution in [0.2, 0.25) is 0 Å². The van der Waals surface area contributed by atoms with Crippen molar-refractivity contribution in [1.29, 1.82) is 0 Å². The molecule has 0 fully saturated rings. The van der Waals surface area contributed by atoms with Crippen molar-refractivity contribution >= 4 is 23.7 Å². The number of ether oxygens (including phenoxy) is 1.